The molecular formula is C13H15BrN2. The molecule has 0 aliphatic heterocycles. The zero-order chi connectivity index (χ0) is 11.5. The van der Waals surface area contributed by atoms with E-state index in [4.69, 9.17) is 0 Å². The van der Waals surface area contributed by atoms with E-state index in [-0.39, 0.29) is 0 Å². The molecule has 84 valence electrons. The smallest absolute Gasteiger partial charge is 0.0568 e. The second-order valence-electron chi connectivity index (χ2n) is 3.97. The average Bonchev–Trinajstić information content (AvgIpc) is 2.78. The number of rotatable bonds is 3. The van der Waals surface area contributed by atoms with E-state index in [0.717, 1.165) is 10.9 Å². The van der Waals surface area contributed by atoms with Gasteiger partial charge in [-0.3, -0.25) is 4.68 Å². The molecule has 0 N–H and O–H groups in total. The molecule has 0 saturated heterocycles. The van der Waals surface area contributed by atoms with Crippen LogP contribution in [-0.2, 0) is 0 Å². The van der Waals surface area contributed by atoms with Crippen LogP contribution in [0.5, 0.6) is 0 Å². The maximum absolute atomic E-state index is 4.39. The summed E-state index contributed by atoms with van der Waals surface area (Å²) in [4.78, 5) is 0. The van der Waals surface area contributed by atoms with Crippen molar-refractivity contribution >= 4 is 15.9 Å². The van der Waals surface area contributed by atoms with Crippen LogP contribution < -0.4 is 0 Å². The predicted octanol–water partition coefficient (Wildman–Crippen LogP) is 4.28. The van der Waals surface area contributed by atoms with E-state index in [1.54, 1.807) is 0 Å². The molecule has 1 atom stereocenters. The van der Waals surface area contributed by atoms with Crippen LogP contribution in [-0.4, -0.2) is 9.78 Å². The fourth-order valence-corrected chi connectivity index (χ4v) is 1.82. The van der Waals surface area contributed by atoms with Crippen molar-refractivity contribution in [1.82, 2.24) is 9.78 Å². The molecule has 0 radical (unpaired) electrons. The topological polar surface area (TPSA) is 17.8 Å². The highest BCUT2D eigenvalue weighted by atomic mass is 79.9. The maximum atomic E-state index is 4.39. The molecule has 0 aliphatic carbocycles. The number of halogens is 1. The van der Waals surface area contributed by atoms with Crippen molar-refractivity contribution in [3.8, 4) is 11.1 Å². The molecule has 0 fully saturated rings. The minimum atomic E-state index is 0.462. The Morgan fingerprint density at radius 3 is 2.56 bits per heavy atom. The van der Waals surface area contributed by atoms with Crippen molar-refractivity contribution in [1.29, 1.82) is 0 Å². The SMILES string of the molecule is CCC(C)n1cc(-c2ccc(Br)cc2)cn1. The Kier molecular flexibility index (Phi) is 3.44. The van der Waals surface area contributed by atoms with Crippen LogP contribution in [0.3, 0.4) is 0 Å². The summed E-state index contributed by atoms with van der Waals surface area (Å²) in [6.45, 7) is 4.35. The van der Waals surface area contributed by atoms with E-state index in [2.05, 4.69) is 65.3 Å². The molecule has 0 amide bonds. The first-order valence-corrected chi connectivity index (χ1v) is 6.30. The first-order valence-electron chi connectivity index (χ1n) is 5.51. The van der Waals surface area contributed by atoms with Gasteiger partial charge in [0.15, 0.2) is 0 Å². The van der Waals surface area contributed by atoms with E-state index >= 15 is 0 Å². The summed E-state index contributed by atoms with van der Waals surface area (Å²) in [6, 6.07) is 8.76. The molecule has 1 heterocycles. The molecule has 0 aliphatic rings. The third kappa shape index (κ3) is 2.35. The molecule has 2 rings (SSSR count). The summed E-state index contributed by atoms with van der Waals surface area (Å²) in [6.07, 6.45) is 5.13. The van der Waals surface area contributed by atoms with Gasteiger partial charge in [-0.15, -0.1) is 0 Å². The second kappa shape index (κ2) is 4.83. The monoisotopic (exact) mass is 278 g/mol. The lowest BCUT2D eigenvalue weighted by Gasteiger charge is -2.07. The first-order chi connectivity index (χ1) is 7.70. The second-order valence-corrected chi connectivity index (χ2v) is 4.89. The third-order valence-electron chi connectivity index (χ3n) is 2.82. The van der Waals surface area contributed by atoms with E-state index in [1.807, 2.05) is 10.9 Å². The molecule has 0 spiro atoms. The van der Waals surface area contributed by atoms with Gasteiger partial charge in [-0.25, -0.2) is 0 Å². The highest BCUT2D eigenvalue weighted by molar-refractivity contribution is 9.10. The lowest BCUT2D eigenvalue weighted by Crippen LogP contribution is -2.03. The van der Waals surface area contributed by atoms with Crippen molar-refractivity contribution < 1.29 is 0 Å². The highest BCUT2D eigenvalue weighted by Crippen LogP contribution is 2.22. The molecule has 1 aromatic heterocycles. The van der Waals surface area contributed by atoms with Gasteiger partial charge in [0.05, 0.1) is 6.20 Å². The van der Waals surface area contributed by atoms with Crippen molar-refractivity contribution in [2.45, 2.75) is 26.3 Å². The molecule has 3 heteroatoms. The Morgan fingerprint density at radius 1 is 1.25 bits per heavy atom. The van der Waals surface area contributed by atoms with Crippen LogP contribution in [0.1, 0.15) is 26.3 Å². The molecule has 2 aromatic rings. The molecular weight excluding hydrogens is 264 g/mol. The molecule has 16 heavy (non-hydrogen) atoms. The fourth-order valence-electron chi connectivity index (χ4n) is 1.56. The Hall–Kier alpha value is -1.09. The Labute approximate surface area is 104 Å². The van der Waals surface area contributed by atoms with Crippen molar-refractivity contribution in [3.05, 3.63) is 41.1 Å². The van der Waals surface area contributed by atoms with Gasteiger partial charge in [0.2, 0.25) is 0 Å². The third-order valence-corrected chi connectivity index (χ3v) is 3.35. The van der Waals surface area contributed by atoms with Gasteiger partial charge in [-0.1, -0.05) is 35.0 Å². The number of hydrogen-bond acceptors (Lipinski definition) is 1. The van der Waals surface area contributed by atoms with Crippen molar-refractivity contribution in [2.24, 2.45) is 0 Å². The van der Waals surface area contributed by atoms with Crippen molar-refractivity contribution in [3.63, 3.8) is 0 Å². The molecule has 0 bridgehead atoms. The van der Waals surface area contributed by atoms with Crippen LogP contribution in [0.2, 0.25) is 0 Å². The Bertz CT molecular complexity index is 459. The van der Waals surface area contributed by atoms with Gasteiger partial charge < -0.3 is 0 Å². The molecule has 1 aromatic carbocycles. The quantitative estimate of drug-likeness (QED) is 0.819. The maximum Gasteiger partial charge on any atom is 0.0568 e. The Balaban J connectivity index is 2.28. The lowest BCUT2D eigenvalue weighted by molar-refractivity contribution is 0.478. The highest BCUT2D eigenvalue weighted by Gasteiger charge is 2.05. The largest absolute Gasteiger partial charge is 0.269 e. The van der Waals surface area contributed by atoms with Crippen LogP contribution in [0.4, 0.5) is 0 Å². The van der Waals surface area contributed by atoms with Gasteiger partial charge in [-0.05, 0) is 31.0 Å². The van der Waals surface area contributed by atoms with Crippen LogP contribution >= 0.6 is 15.9 Å². The summed E-state index contributed by atoms with van der Waals surface area (Å²) in [5, 5.41) is 4.39. The van der Waals surface area contributed by atoms with Crippen molar-refractivity contribution in [2.75, 3.05) is 0 Å². The van der Waals surface area contributed by atoms with Crippen LogP contribution in [0.25, 0.3) is 11.1 Å². The lowest BCUT2D eigenvalue weighted by atomic mass is 10.1. The molecule has 0 saturated carbocycles. The summed E-state index contributed by atoms with van der Waals surface area (Å²) >= 11 is 3.44. The summed E-state index contributed by atoms with van der Waals surface area (Å²) < 4.78 is 3.13. The summed E-state index contributed by atoms with van der Waals surface area (Å²) in [5.41, 5.74) is 2.38. The van der Waals surface area contributed by atoms with E-state index in [1.165, 1.54) is 11.1 Å². The van der Waals surface area contributed by atoms with Crippen LogP contribution in [0, 0.1) is 0 Å². The van der Waals surface area contributed by atoms with Gasteiger partial charge in [-0.2, -0.15) is 5.10 Å². The zero-order valence-electron chi connectivity index (χ0n) is 9.52. The van der Waals surface area contributed by atoms with Gasteiger partial charge in [0, 0.05) is 22.3 Å². The number of nitrogens with zero attached hydrogens (tertiary/aromatic N) is 2. The van der Waals surface area contributed by atoms with E-state index in [9.17, 15) is 0 Å². The normalized spacial score (nSPS) is 12.7. The summed E-state index contributed by atoms with van der Waals surface area (Å²) in [5.74, 6) is 0. The molecule has 1 unspecified atom stereocenters. The number of benzene rings is 1. The standard InChI is InChI=1S/C13H15BrN2/c1-3-10(2)16-9-12(8-15-16)11-4-6-13(14)7-5-11/h4-10H,3H2,1-2H3. The predicted molar refractivity (Wildman–Crippen MR) is 70.4 cm³/mol. The number of hydrogen-bond donors (Lipinski definition) is 0. The van der Waals surface area contributed by atoms with E-state index < -0.39 is 0 Å². The first kappa shape index (κ1) is 11.4. The van der Waals surface area contributed by atoms with Gasteiger partial charge in [0.1, 0.15) is 0 Å². The van der Waals surface area contributed by atoms with Gasteiger partial charge >= 0.3 is 0 Å². The fraction of sp³-hybridized carbons (Fsp3) is 0.308. The van der Waals surface area contributed by atoms with Gasteiger partial charge in [0.25, 0.3) is 0 Å². The molecule has 2 nitrogen and oxygen atoms in total. The van der Waals surface area contributed by atoms with E-state index in [0.29, 0.717) is 6.04 Å². The number of aromatic nitrogens is 2. The average molecular weight is 279 g/mol. The summed E-state index contributed by atoms with van der Waals surface area (Å²) in [7, 11) is 0. The minimum Gasteiger partial charge on any atom is -0.269 e. The zero-order valence-corrected chi connectivity index (χ0v) is 11.1. The minimum absolute atomic E-state index is 0.462. The van der Waals surface area contributed by atoms with Crippen LogP contribution in [0.15, 0.2) is 41.1 Å². The Morgan fingerprint density at radius 2 is 1.94 bits per heavy atom.